The second kappa shape index (κ2) is 7.06. The number of benzene rings is 2. The van der Waals surface area contributed by atoms with Crippen molar-refractivity contribution < 1.29 is 0 Å². The van der Waals surface area contributed by atoms with Gasteiger partial charge < -0.3 is 11.1 Å². The van der Waals surface area contributed by atoms with Gasteiger partial charge in [0.15, 0.2) is 5.65 Å². The van der Waals surface area contributed by atoms with Crippen molar-refractivity contribution in [3.8, 4) is 0 Å². The number of aryl methyl sites for hydroxylation is 1. The summed E-state index contributed by atoms with van der Waals surface area (Å²) in [7, 11) is 0. The van der Waals surface area contributed by atoms with Crippen LogP contribution >= 0.6 is 11.8 Å². The molecule has 0 aliphatic carbocycles. The Kier molecular flexibility index (Phi) is 4.25. The molecule has 0 aliphatic rings. The van der Waals surface area contributed by atoms with Gasteiger partial charge in [0, 0.05) is 32.7 Å². The lowest BCUT2D eigenvalue weighted by atomic mass is 10.2. The minimum atomic E-state index is 0.683. The van der Waals surface area contributed by atoms with Gasteiger partial charge in [0.2, 0.25) is 0 Å². The van der Waals surface area contributed by atoms with Crippen molar-refractivity contribution in [3.05, 3.63) is 72.9 Å². The van der Waals surface area contributed by atoms with Crippen molar-refractivity contribution in [3.63, 3.8) is 0 Å². The molecule has 0 unspecified atom stereocenters. The summed E-state index contributed by atoms with van der Waals surface area (Å²) in [6, 6.07) is 15.9. The maximum atomic E-state index is 5.94. The van der Waals surface area contributed by atoms with Gasteiger partial charge in [-0.2, -0.15) is 5.10 Å². The summed E-state index contributed by atoms with van der Waals surface area (Å²) in [5.41, 5.74) is 10.4. The lowest BCUT2D eigenvalue weighted by Crippen LogP contribution is -1.97. The SMILES string of the molecule is Cc1cc(Nc2ncnc3ccc(N)cc23)ccc1Sc1ccn2ncnc2c1. The molecule has 0 amide bonds. The van der Waals surface area contributed by atoms with E-state index < -0.39 is 0 Å². The van der Waals surface area contributed by atoms with Crippen LogP contribution in [0.4, 0.5) is 17.2 Å². The highest BCUT2D eigenvalue weighted by molar-refractivity contribution is 7.99. The summed E-state index contributed by atoms with van der Waals surface area (Å²) < 4.78 is 1.75. The van der Waals surface area contributed by atoms with Gasteiger partial charge in [-0.25, -0.2) is 19.5 Å². The highest BCUT2D eigenvalue weighted by Gasteiger charge is 2.08. The van der Waals surface area contributed by atoms with Gasteiger partial charge in [-0.05, 0) is 61.0 Å². The molecule has 142 valence electrons. The summed E-state index contributed by atoms with van der Waals surface area (Å²) in [5, 5.41) is 8.42. The van der Waals surface area contributed by atoms with E-state index in [1.807, 2.05) is 42.6 Å². The van der Waals surface area contributed by atoms with E-state index >= 15 is 0 Å². The summed E-state index contributed by atoms with van der Waals surface area (Å²) in [4.78, 5) is 15.2. The molecular weight excluding hydrogens is 382 g/mol. The van der Waals surface area contributed by atoms with E-state index in [4.69, 9.17) is 5.73 Å². The van der Waals surface area contributed by atoms with Crippen molar-refractivity contribution in [2.75, 3.05) is 11.1 Å². The van der Waals surface area contributed by atoms with Gasteiger partial charge in [0.25, 0.3) is 0 Å². The fourth-order valence-electron chi connectivity index (χ4n) is 3.14. The Bertz CT molecular complexity index is 1350. The molecule has 3 heterocycles. The second-order valence-electron chi connectivity index (χ2n) is 6.63. The van der Waals surface area contributed by atoms with Crippen molar-refractivity contribution >= 4 is 45.5 Å². The smallest absolute Gasteiger partial charge is 0.156 e. The van der Waals surface area contributed by atoms with E-state index in [1.54, 1.807) is 28.9 Å². The Morgan fingerprint density at radius 2 is 1.90 bits per heavy atom. The number of aromatic nitrogens is 5. The van der Waals surface area contributed by atoms with Crippen LogP contribution in [0.25, 0.3) is 16.6 Å². The molecule has 3 N–H and O–H groups in total. The zero-order valence-electron chi connectivity index (χ0n) is 15.6. The molecule has 29 heavy (non-hydrogen) atoms. The van der Waals surface area contributed by atoms with E-state index in [1.165, 1.54) is 10.5 Å². The van der Waals surface area contributed by atoms with Gasteiger partial charge >= 0.3 is 0 Å². The topological polar surface area (TPSA) is 94.0 Å². The predicted molar refractivity (Wildman–Crippen MR) is 116 cm³/mol. The first-order chi connectivity index (χ1) is 14.2. The third-order valence-corrected chi connectivity index (χ3v) is 5.74. The minimum absolute atomic E-state index is 0.683. The van der Waals surface area contributed by atoms with Crippen LogP contribution in [0.5, 0.6) is 0 Å². The second-order valence-corrected chi connectivity index (χ2v) is 7.75. The summed E-state index contributed by atoms with van der Waals surface area (Å²) in [5.74, 6) is 0.736. The maximum absolute atomic E-state index is 5.94. The average molecular weight is 399 g/mol. The van der Waals surface area contributed by atoms with Crippen LogP contribution in [-0.4, -0.2) is 24.6 Å². The molecule has 0 spiro atoms. The number of nitrogens with two attached hydrogens (primary N) is 1. The molecule has 0 atom stereocenters. The predicted octanol–water partition coefficient (Wildman–Crippen LogP) is 4.46. The highest BCUT2D eigenvalue weighted by Crippen LogP contribution is 2.33. The fraction of sp³-hybridized carbons (Fsp3) is 0.0476. The van der Waals surface area contributed by atoms with Crippen LogP contribution in [0.1, 0.15) is 5.56 Å². The van der Waals surface area contributed by atoms with Gasteiger partial charge in [-0.3, -0.25) is 0 Å². The molecule has 8 heteroatoms. The molecule has 5 rings (SSSR count). The molecule has 7 nitrogen and oxygen atoms in total. The number of rotatable bonds is 4. The number of anilines is 3. The first-order valence-corrected chi connectivity index (χ1v) is 9.82. The van der Waals surface area contributed by atoms with E-state index in [2.05, 4.69) is 44.4 Å². The Morgan fingerprint density at radius 1 is 0.966 bits per heavy atom. The maximum Gasteiger partial charge on any atom is 0.156 e. The van der Waals surface area contributed by atoms with Crippen LogP contribution in [0, 0.1) is 6.92 Å². The van der Waals surface area contributed by atoms with Crippen LogP contribution in [0.15, 0.2) is 77.2 Å². The van der Waals surface area contributed by atoms with Crippen molar-refractivity contribution in [2.45, 2.75) is 16.7 Å². The Morgan fingerprint density at radius 3 is 2.79 bits per heavy atom. The van der Waals surface area contributed by atoms with Gasteiger partial charge in [0.05, 0.1) is 5.52 Å². The Hall–Kier alpha value is -3.65. The number of nitrogen functional groups attached to an aromatic ring is 1. The normalized spacial score (nSPS) is 11.2. The molecule has 2 aromatic carbocycles. The standard InChI is InChI=1S/C21H17N7S/c1-13-8-15(27-21-17-9-14(22)2-4-18(17)23-11-25-21)3-5-19(13)29-16-6-7-28-20(10-16)24-12-26-28/h2-12H,22H2,1H3,(H,23,25,27). The molecule has 3 aromatic heterocycles. The van der Waals surface area contributed by atoms with Crippen LogP contribution < -0.4 is 11.1 Å². The molecule has 0 bridgehead atoms. The Labute approximate surface area is 171 Å². The molecule has 0 saturated carbocycles. The molecule has 0 fully saturated rings. The monoisotopic (exact) mass is 399 g/mol. The fourth-order valence-corrected chi connectivity index (χ4v) is 4.04. The number of fused-ring (bicyclic) bond motifs is 2. The summed E-state index contributed by atoms with van der Waals surface area (Å²) >= 11 is 1.70. The van der Waals surface area contributed by atoms with Crippen LogP contribution in [0.3, 0.4) is 0 Å². The van der Waals surface area contributed by atoms with Gasteiger partial charge in [0.1, 0.15) is 18.5 Å². The largest absolute Gasteiger partial charge is 0.399 e. The number of nitrogens with one attached hydrogen (secondary N) is 1. The van der Waals surface area contributed by atoms with Crippen molar-refractivity contribution in [1.82, 2.24) is 24.6 Å². The zero-order valence-corrected chi connectivity index (χ0v) is 16.4. The molecule has 0 saturated heterocycles. The summed E-state index contributed by atoms with van der Waals surface area (Å²) in [6.07, 6.45) is 5.03. The van der Waals surface area contributed by atoms with E-state index in [9.17, 15) is 0 Å². The van der Waals surface area contributed by atoms with E-state index in [0.29, 0.717) is 5.69 Å². The molecule has 5 aromatic rings. The molecule has 0 radical (unpaired) electrons. The third kappa shape index (κ3) is 3.45. The highest BCUT2D eigenvalue weighted by atomic mass is 32.2. The van der Waals surface area contributed by atoms with Gasteiger partial charge in [-0.1, -0.05) is 11.8 Å². The number of nitrogens with zero attached hydrogens (tertiary/aromatic N) is 5. The quantitative estimate of drug-likeness (QED) is 0.431. The zero-order chi connectivity index (χ0) is 19.8. The number of hydrogen-bond donors (Lipinski definition) is 2. The first kappa shape index (κ1) is 17.4. The number of hydrogen-bond acceptors (Lipinski definition) is 7. The lowest BCUT2D eigenvalue weighted by Gasteiger charge is -2.12. The Balaban J connectivity index is 1.42. The van der Waals surface area contributed by atoms with Crippen LogP contribution in [0.2, 0.25) is 0 Å². The van der Waals surface area contributed by atoms with E-state index in [-0.39, 0.29) is 0 Å². The number of pyridine rings is 1. The molecule has 0 aliphatic heterocycles. The first-order valence-electron chi connectivity index (χ1n) is 9.01. The van der Waals surface area contributed by atoms with Gasteiger partial charge in [-0.15, -0.1) is 0 Å². The lowest BCUT2D eigenvalue weighted by molar-refractivity contribution is 0.953. The summed E-state index contributed by atoms with van der Waals surface area (Å²) in [6.45, 7) is 2.10. The van der Waals surface area contributed by atoms with Crippen LogP contribution in [-0.2, 0) is 0 Å². The third-order valence-electron chi connectivity index (χ3n) is 4.58. The van der Waals surface area contributed by atoms with E-state index in [0.717, 1.165) is 33.0 Å². The average Bonchev–Trinajstić information content (AvgIpc) is 3.18. The van der Waals surface area contributed by atoms with Crippen molar-refractivity contribution in [1.29, 1.82) is 0 Å². The molecular formula is C21H17N7S. The minimum Gasteiger partial charge on any atom is -0.399 e. The van der Waals surface area contributed by atoms with Crippen molar-refractivity contribution in [2.24, 2.45) is 0 Å².